The van der Waals surface area contributed by atoms with Crippen LogP contribution in [0.3, 0.4) is 0 Å². The first-order valence-electron chi connectivity index (χ1n) is 8.92. The van der Waals surface area contributed by atoms with Gasteiger partial charge in [-0.25, -0.2) is 9.97 Å². The monoisotopic (exact) mass is 427 g/mol. The lowest BCUT2D eigenvalue weighted by Crippen LogP contribution is -2.43. The SMILES string of the molecule is Cl.FC(F)(CN1CCC(Nc2ncnc3[nH]ccc23)CC1)c1ccc(Cl)cc1. The topological polar surface area (TPSA) is 56.8 Å². The Balaban J connectivity index is 0.00000225. The van der Waals surface area contributed by atoms with E-state index in [2.05, 4.69) is 20.3 Å². The first kappa shape index (κ1) is 20.8. The summed E-state index contributed by atoms with van der Waals surface area (Å²) in [7, 11) is 0. The van der Waals surface area contributed by atoms with Crippen molar-refractivity contribution in [2.75, 3.05) is 25.0 Å². The van der Waals surface area contributed by atoms with Crippen molar-refractivity contribution in [3.05, 3.63) is 53.4 Å². The van der Waals surface area contributed by atoms with Gasteiger partial charge in [-0.2, -0.15) is 8.78 Å². The van der Waals surface area contributed by atoms with E-state index >= 15 is 0 Å². The van der Waals surface area contributed by atoms with Gasteiger partial charge < -0.3 is 10.3 Å². The van der Waals surface area contributed by atoms with Crippen LogP contribution in [0.15, 0.2) is 42.9 Å². The molecule has 0 radical (unpaired) electrons. The van der Waals surface area contributed by atoms with Gasteiger partial charge in [0.25, 0.3) is 5.92 Å². The second-order valence-electron chi connectivity index (χ2n) is 6.87. The lowest BCUT2D eigenvalue weighted by atomic mass is 10.0. The van der Waals surface area contributed by atoms with E-state index in [4.69, 9.17) is 11.6 Å². The molecule has 1 fully saturated rings. The molecule has 28 heavy (non-hydrogen) atoms. The van der Waals surface area contributed by atoms with E-state index in [9.17, 15) is 8.78 Å². The van der Waals surface area contributed by atoms with Crippen molar-refractivity contribution in [1.82, 2.24) is 19.9 Å². The fourth-order valence-corrected chi connectivity index (χ4v) is 3.61. The van der Waals surface area contributed by atoms with Crippen LogP contribution in [0.25, 0.3) is 11.0 Å². The molecule has 9 heteroatoms. The van der Waals surface area contributed by atoms with Crippen molar-refractivity contribution in [3.63, 3.8) is 0 Å². The molecule has 0 atom stereocenters. The third-order valence-corrected chi connectivity index (χ3v) is 5.22. The van der Waals surface area contributed by atoms with Gasteiger partial charge in [-0.1, -0.05) is 23.7 Å². The summed E-state index contributed by atoms with van der Waals surface area (Å²) >= 11 is 5.79. The number of fused-ring (bicyclic) bond motifs is 1. The number of hydrogen-bond acceptors (Lipinski definition) is 4. The van der Waals surface area contributed by atoms with E-state index in [0.717, 1.165) is 29.7 Å². The highest BCUT2D eigenvalue weighted by Gasteiger charge is 2.35. The number of aromatic nitrogens is 3. The average Bonchev–Trinajstić information content (AvgIpc) is 3.13. The smallest absolute Gasteiger partial charge is 0.285 e. The summed E-state index contributed by atoms with van der Waals surface area (Å²) in [6.07, 6.45) is 4.91. The molecule has 0 amide bonds. The summed E-state index contributed by atoms with van der Waals surface area (Å²) in [6.45, 7) is 0.946. The van der Waals surface area contributed by atoms with E-state index in [1.807, 2.05) is 17.2 Å². The minimum absolute atomic E-state index is 0. The predicted molar refractivity (Wildman–Crippen MR) is 110 cm³/mol. The number of alkyl halides is 2. The van der Waals surface area contributed by atoms with Gasteiger partial charge >= 0.3 is 0 Å². The number of nitrogens with one attached hydrogen (secondary N) is 2. The maximum atomic E-state index is 14.5. The predicted octanol–water partition coefficient (Wildman–Crippen LogP) is 4.70. The van der Waals surface area contributed by atoms with Crippen LogP contribution in [0.2, 0.25) is 5.02 Å². The van der Waals surface area contributed by atoms with Crippen molar-refractivity contribution < 1.29 is 8.78 Å². The molecule has 1 aliphatic rings. The largest absolute Gasteiger partial charge is 0.367 e. The summed E-state index contributed by atoms with van der Waals surface area (Å²) in [4.78, 5) is 13.4. The maximum absolute atomic E-state index is 14.5. The number of anilines is 1. The maximum Gasteiger partial charge on any atom is 0.285 e. The van der Waals surface area contributed by atoms with Gasteiger partial charge in [0, 0.05) is 35.9 Å². The van der Waals surface area contributed by atoms with Crippen LogP contribution in [-0.2, 0) is 5.92 Å². The van der Waals surface area contributed by atoms with Crippen LogP contribution >= 0.6 is 24.0 Å². The standard InChI is InChI=1S/C19H20ClF2N5.ClH/c20-14-3-1-13(2-4-14)19(21,22)11-27-9-6-15(7-10-27)26-18-16-5-8-23-17(16)24-12-25-18;/h1-5,8,12,15H,6-7,9-11H2,(H2,23,24,25,26);1H. The second kappa shape index (κ2) is 8.59. The summed E-state index contributed by atoms with van der Waals surface area (Å²) in [5.74, 6) is -2.11. The Labute approximate surface area is 172 Å². The Morgan fingerprint density at radius 3 is 2.57 bits per heavy atom. The molecular weight excluding hydrogens is 407 g/mol. The highest BCUT2D eigenvalue weighted by atomic mass is 35.5. The number of hydrogen-bond donors (Lipinski definition) is 2. The number of aromatic amines is 1. The Morgan fingerprint density at radius 1 is 1.14 bits per heavy atom. The van der Waals surface area contributed by atoms with Crippen LogP contribution in [0.4, 0.5) is 14.6 Å². The molecule has 4 rings (SSSR count). The molecule has 150 valence electrons. The number of nitrogens with zero attached hydrogens (tertiary/aromatic N) is 3. The van der Waals surface area contributed by atoms with Crippen LogP contribution in [0.5, 0.6) is 0 Å². The number of likely N-dealkylation sites (tertiary alicyclic amines) is 1. The van der Waals surface area contributed by atoms with Crippen molar-refractivity contribution in [2.45, 2.75) is 24.8 Å². The average molecular weight is 428 g/mol. The molecule has 5 nitrogen and oxygen atoms in total. The summed E-state index contributed by atoms with van der Waals surface area (Å²) in [5, 5.41) is 4.83. The summed E-state index contributed by atoms with van der Waals surface area (Å²) in [5.41, 5.74) is 0.788. The van der Waals surface area contributed by atoms with Gasteiger partial charge in [0.15, 0.2) is 0 Å². The lowest BCUT2D eigenvalue weighted by molar-refractivity contribution is -0.0421. The zero-order valence-electron chi connectivity index (χ0n) is 15.0. The van der Waals surface area contributed by atoms with Gasteiger partial charge in [-0.3, -0.25) is 4.90 Å². The van der Waals surface area contributed by atoms with E-state index in [1.165, 1.54) is 30.6 Å². The zero-order valence-corrected chi connectivity index (χ0v) is 16.6. The van der Waals surface area contributed by atoms with E-state index in [0.29, 0.717) is 18.1 Å². The lowest BCUT2D eigenvalue weighted by Gasteiger charge is -2.34. The summed E-state index contributed by atoms with van der Waals surface area (Å²) < 4.78 is 29.1. The fraction of sp³-hybridized carbons (Fsp3) is 0.368. The van der Waals surface area contributed by atoms with Crippen molar-refractivity contribution in [2.24, 2.45) is 0 Å². The highest BCUT2D eigenvalue weighted by molar-refractivity contribution is 6.30. The third kappa shape index (κ3) is 4.54. The highest BCUT2D eigenvalue weighted by Crippen LogP contribution is 2.31. The molecule has 0 bridgehead atoms. The fourth-order valence-electron chi connectivity index (χ4n) is 3.48. The van der Waals surface area contributed by atoms with Gasteiger partial charge in [0.1, 0.15) is 17.8 Å². The number of piperidine rings is 1. The quantitative estimate of drug-likeness (QED) is 0.619. The van der Waals surface area contributed by atoms with Crippen LogP contribution < -0.4 is 5.32 Å². The minimum Gasteiger partial charge on any atom is -0.367 e. The molecule has 2 N–H and O–H groups in total. The number of halogens is 4. The molecule has 0 unspecified atom stereocenters. The molecule has 1 aromatic carbocycles. The van der Waals surface area contributed by atoms with Gasteiger partial charge in [0.05, 0.1) is 11.9 Å². The Hall–Kier alpha value is -1.96. The zero-order chi connectivity index (χ0) is 18.9. The van der Waals surface area contributed by atoms with Gasteiger partial charge in [-0.05, 0) is 31.0 Å². The van der Waals surface area contributed by atoms with Gasteiger partial charge in [0.2, 0.25) is 0 Å². The first-order valence-corrected chi connectivity index (χ1v) is 9.30. The molecule has 1 saturated heterocycles. The molecule has 3 aromatic rings. The van der Waals surface area contributed by atoms with E-state index < -0.39 is 5.92 Å². The normalized spacial score (nSPS) is 16.1. The van der Waals surface area contributed by atoms with E-state index in [-0.39, 0.29) is 30.6 Å². The summed E-state index contributed by atoms with van der Waals surface area (Å²) in [6, 6.07) is 7.94. The van der Waals surface area contributed by atoms with Crippen LogP contribution in [0, 0.1) is 0 Å². The van der Waals surface area contributed by atoms with Gasteiger partial charge in [-0.15, -0.1) is 12.4 Å². The molecule has 2 aromatic heterocycles. The molecule has 0 saturated carbocycles. The van der Waals surface area contributed by atoms with Crippen LogP contribution in [0.1, 0.15) is 18.4 Å². The first-order chi connectivity index (χ1) is 13.0. The van der Waals surface area contributed by atoms with Crippen molar-refractivity contribution in [1.29, 1.82) is 0 Å². The number of rotatable bonds is 5. The Morgan fingerprint density at radius 2 is 1.86 bits per heavy atom. The molecular formula is C19H21Cl2F2N5. The minimum atomic E-state index is -2.89. The Kier molecular flexibility index (Phi) is 6.37. The Bertz CT molecular complexity index is 908. The molecule has 3 heterocycles. The third-order valence-electron chi connectivity index (χ3n) is 4.97. The molecule has 0 aliphatic carbocycles. The van der Waals surface area contributed by atoms with Crippen molar-refractivity contribution >= 4 is 40.9 Å². The van der Waals surface area contributed by atoms with Crippen molar-refractivity contribution in [3.8, 4) is 0 Å². The molecule has 0 spiro atoms. The molecule has 1 aliphatic heterocycles. The number of H-pyrrole nitrogens is 1. The number of benzene rings is 1. The van der Waals surface area contributed by atoms with Crippen LogP contribution in [-0.4, -0.2) is 45.5 Å². The second-order valence-corrected chi connectivity index (χ2v) is 7.30. The van der Waals surface area contributed by atoms with E-state index in [1.54, 1.807) is 0 Å².